The number of rotatable bonds is 6. The van der Waals surface area contributed by atoms with E-state index < -0.39 is 26.6 Å². The van der Waals surface area contributed by atoms with Crippen molar-refractivity contribution >= 4 is 33.8 Å². The smallest absolute Gasteiger partial charge is 0.243 e. The molecule has 1 aliphatic heterocycles. The minimum atomic E-state index is -4.04. The summed E-state index contributed by atoms with van der Waals surface area (Å²) >= 11 is 1.55. The van der Waals surface area contributed by atoms with Gasteiger partial charge in [0.2, 0.25) is 10.0 Å². The van der Waals surface area contributed by atoms with Crippen LogP contribution < -0.4 is 4.72 Å². The van der Waals surface area contributed by atoms with Gasteiger partial charge in [-0.15, -0.1) is 12.4 Å². The molecule has 138 valence electrons. The van der Waals surface area contributed by atoms with Crippen molar-refractivity contribution < 1.29 is 17.2 Å². The number of benzene rings is 1. The van der Waals surface area contributed by atoms with Crippen LogP contribution >= 0.6 is 23.7 Å². The van der Waals surface area contributed by atoms with Crippen LogP contribution in [0.3, 0.4) is 0 Å². The topological polar surface area (TPSA) is 49.4 Å². The van der Waals surface area contributed by atoms with Gasteiger partial charge in [0.25, 0.3) is 0 Å². The van der Waals surface area contributed by atoms with Crippen molar-refractivity contribution in [1.29, 1.82) is 0 Å². The Morgan fingerprint density at radius 2 is 1.92 bits per heavy atom. The first kappa shape index (κ1) is 20.3. The molecule has 1 fully saturated rings. The number of likely N-dealkylation sites (tertiary alicyclic amines) is 1. The number of nitrogens with zero attached hydrogens (tertiary/aromatic N) is 1. The number of halogens is 3. The van der Waals surface area contributed by atoms with E-state index in [1.54, 1.807) is 11.3 Å². The Bertz CT molecular complexity index is 794. The van der Waals surface area contributed by atoms with E-state index in [2.05, 4.69) is 9.62 Å². The molecule has 1 N–H and O–H groups in total. The van der Waals surface area contributed by atoms with Crippen LogP contribution in [0, 0.1) is 11.6 Å². The molecule has 0 amide bonds. The predicted molar refractivity (Wildman–Crippen MR) is 96.7 cm³/mol. The zero-order chi connectivity index (χ0) is 17.2. The fourth-order valence-electron chi connectivity index (χ4n) is 2.94. The highest BCUT2D eigenvalue weighted by molar-refractivity contribution is 7.89. The van der Waals surface area contributed by atoms with Crippen molar-refractivity contribution in [3.05, 3.63) is 52.2 Å². The van der Waals surface area contributed by atoms with Gasteiger partial charge in [-0.2, -0.15) is 11.3 Å². The van der Waals surface area contributed by atoms with Crippen LogP contribution in [0.15, 0.2) is 39.9 Å². The molecule has 0 saturated carbocycles. The van der Waals surface area contributed by atoms with Gasteiger partial charge in [-0.05, 0) is 60.5 Å². The second-order valence-corrected chi connectivity index (χ2v) is 8.26. The maximum absolute atomic E-state index is 13.8. The normalized spacial score (nSPS) is 16.6. The third-order valence-corrected chi connectivity index (χ3v) is 6.32. The summed E-state index contributed by atoms with van der Waals surface area (Å²) in [5.74, 6) is -1.89. The molecule has 4 nitrogen and oxygen atoms in total. The monoisotopic (exact) mass is 408 g/mol. The Balaban J connectivity index is 0.00000225. The molecule has 1 aromatic carbocycles. The molecule has 9 heteroatoms. The zero-order valence-corrected chi connectivity index (χ0v) is 15.8. The predicted octanol–water partition coefficient (Wildman–Crippen LogP) is 3.56. The maximum atomic E-state index is 13.8. The largest absolute Gasteiger partial charge is 0.295 e. The van der Waals surface area contributed by atoms with Gasteiger partial charge in [-0.1, -0.05) is 0 Å². The number of nitrogens with one attached hydrogen (secondary N) is 1. The van der Waals surface area contributed by atoms with E-state index in [0.29, 0.717) is 6.07 Å². The summed E-state index contributed by atoms with van der Waals surface area (Å²) in [6.07, 6.45) is 2.17. The fraction of sp³-hybridized carbons (Fsp3) is 0.375. The van der Waals surface area contributed by atoms with Gasteiger partial charge in [-0.25, -0.2) is 21.9 Å². The Kier molecular flexibility index (Phi) is 6.93. The standard InChI is InChI=1S/C16H18F2N2O2S2.ClH/c17-13-3-4-16(14(18)9-13)24(21,22)19-10-15(12-5-8-23-11-12)20-6-1-2-7-20;/h3-5,8-9,11,15,19H,1-2,6-7,10H2;1H. The second kappa shape index (κ2) is 8.55. The Morgan fingerprint density at radius 3 is 2.52 bits per heavy atom. The highest BCUT2D eigenvalue weighted by Crippen LogP contribution is 2.27. The first-order chi connectivity index (χ1) is 11.5. The molecule has 0 bridgehead atoms. The van der Waals surface area contributed by atoms with Crippen molar-refractivity contribution in [3.8, 4) is 0 Å². The fourth-order valence-corrected chi connectivity index (χ4v) is 4.74. The van der Waals surface area contributed by atoms with Crippen molar-refractivity contribution in [2.24, 2.45) is 0 Å². The number of hydrogen-bond acceptors (Lipinski definition) is 4. The van der Waals surface area contributed by atoms with Crippen LogP contribution in [0.1, 0.15) is 24.4 Å². The van der Waals surface area contributed by atoms with Crippen molar-refractivity contribution in [2.45, 2.75) is 23.8 Å². The van der Waals surface area contributed by atoms with Gasteiger partial charge in [0, 0.05) is 18.7 Å². The minimum absolute atomic E-state index is 0. The van der Waals surface area contributed by atoms with Crippen LogP contribution in [-0.2, 0) is 10.0 Å². The molecule has 1 saturated heterocycles. The lowest BCUT2D eigenvalue weighted by atomic mass is 10.1. The van der Waals surface area contributed by atoms with Crippen LogP contribution in [0.5, 0.6) is 0 Å². The Hall–Kier alpha value is -1.06. The average molecular weight is 409 g/mol. The average Bonchev–Trinajstić information content (AvgIpc) is 3.20. The number of sulfonamides is 1. The molecule has 0 radical (unpaired) electrons. The van der Waals surface area contributed by atoms with Crippen molar-refractivity contribution in [2.75, 3.05) is 19.6 Å². The van der Waals surface area contributed by atoms with E-state index in [1.165, 1.54) is 0 Å². The molecule has 2 aromatic rings. The molecule has 1 aliphatic rings. The van der Waals surface area contributed by atoms with E-state index in [1.807, 2.05) is 16.8 Å². The summed E-state index contributed by atoms with van der Waals surface area (Å²) < 4.78 is 54.0. The first-order valence-corrected chi connectivity index (χ1v) is 10.1. The number of thiophene rings is 1. The van der Waals surface area contributed by atoms with Crippen LogP contribution in [0.4, 0.5) is 8.78 Å². The lowest BCUT2D eigenvalue weighted by molar-refractivity contribution is 0.247. The van der Waals surface area contributed by atoms with Crippen LogP contribution in [0.2, 0.25) is 0 Å². The minimum Gasteiger partial charge on any atom is -0.295 e. The summed E-state index contributed by atoms with van der Waals surface area (Å²) in [5, 5.41) is 3.95. The zero-order valence-electron chi connectivity index (χ0n) is 13.3. The van der Waals surface area contributed by atoms with E-state index in [9.17, 15) is 17.2 Å². The molecule has 1 atom stereocenters. The van der Waals surface area contributed by atoms with Crippen LogP contribution in [0.25, 0.3) is 0 Å². The lowest BCUT2D eigenvalue weighted by Gasteiger charge is -2.27. The molecule has 3 rings (SSSR count). The third kappa shape index (κ3) is 4.77. The van der Waals surface area contributed by atoms with Gasteiger partial charge >= 0.3 is 0 Å². The quantitative estimate of drug-likeness (QED) is 0.795. The SMILES string of the molecule is Cl.O=S(=O)(NCC(c1ccsc1)N1CCCC1)c1ccc(F)cc1F. The van der Waals surface area contributed by atoms with E-state index in [-0.39, 0.29) is 25.0 Å². The maximum Gasteiger partial charge on any atom is 0.243 e. The third-order valence-electron chi connectivity index (χ3n) is 4.16. The van der Waals surface area contributed by atoms with Crippen molar-refractivity contribution in [3.63, 3.8) is 0 Å². The van der Waals surface area contributed by atoms with Gasteiger partial charge in [0.1, 0.15) is 16.5 Å². The lowest BCUT2D eigenvalue weighted by Crippen LogP contribution is -2.36. The molecule has 25 heavy (non-hydrogen) atoms. The Morgan fingerprint density at radius 1 is 1.20 bits per heavy atom. The molecular formula is C16H19ClF2N2O2S2. The highest BCUT2D eigenvalue weighted by atomic mass is 35.5. The molecule has 0 spiro atoms. The summed E-state index contributed by atoms with van der Waals surface area (Å²) in [4.78, 5) is 1.69. The molecule has 0 aliphatic carbocycles. The first-order valence-electron chi connectivity index (χ1n) is 7.68. The van der Waals surface area contributed by atoms with Gasteiger partial charge in [-0.3, -0.25) is 4.90 Å². The molecular weight excluding hydrogens is 390 g/mol. The summed E-state index contributed by atoms with van der Waals surface area (Å²) in [7, 11) is -4.04. The number of hydrogen-bond donors (Lipinski definition) is 1. The molecule has 1 unspecified atom stereocenters. The highest BCUT2D eigenvalue weighted by Gasteiger charge is 2.27. The molecule has 1 aromatic heterocycles. The van der Waals surface area contributed by atoms with E-state index in [0.717, 1.165) is 43.6 Å². The van der Waals surface area contributed by atoms with Gasteiger partial charge < -0.3 is 0 Å². The summed E-state index contributed by atoms with van der Waals surface area (Å²) in [6.45, 7) is 1.97. The summed E-state index contributed by atoms with van der Waals surface area (Å²) in [6, 6.07) is 4.35. The second-order valence-electron chi connectivity index (χ2n) is 5.74. The van der Waals surface area contributed by atoms with Crippen LogP contribution in [-0.4, -0.2) is 33.0 Å². The van der Waals surface area contributed by atoms with E-state index in [4.69, 9.17) is 0 Å². The van der Waals surface area contributed by atoms with Crippen molar-refractivity contribution in [1.82, 2.24) is 9.62 Å². The van der Waals surface area contributed by atoms with Gasteiger partial charge in [0.15, 0.2) is 0 Å². The van der Waals surface area contributed by atoms with E-state index >= 15 is 0 Å². The molecule has 2 heterocycles. The summed E-state index contributed by atoms with van der Waals surface area (Å²) in [5.41, 5.74) is 1.05. The Labute approximate surface area is 156 Å². The van der Waals surface area contributed by atoms with Gasteiger partial charge in [0.05, 0.1) is 0 Å².